The zero-order chi connectivity index (χ0) is 59.7. The van der Waals surface area contributed by atoms with Gasteiger partial charge >= 0.3 is 0 Å². The summed E-state index contributed by atoms with van der Waals surface area (Å²) in [5, 5.41) is 49.4. The second-order valence-electron chi connectivity index (χ2n) is 25.1. The maximum absolute atomic E-state index is 11.9. The number of fused-ring (bicyclic) bond motifs is 6. The topological polar surface area (TPSA) is 156 Å². The van der Waals surface area contributed by atoms with Gasteiger partial charge in [-0.15, -0.1) is 0 Å². The Labute approximate surface area is 500 Å². The number of allylic oxidation sites excluding steroid dienone is 7. The third kappa shape index (κ3) is 12.3. The number of nitro groups is 1. The smallest absolute Gasteiger partial charge is 0.270 e. The zero-order valence-corrected chi connectivity index (χ0v) is 50.6. The number of para-hydroxylation sites is 1. The molecule has 0 amide bonds. The second kappa shape index (κ2) is 25.2. The minimum atomic E-state index is -1.04. The van der Waals surface area contributed by atoms with Crippen molar-refractivity contribution in [3.8, 4) is 11.5 Å². The van der Waals surface area contributed by atoms with Crippen LogP contribution in [0.3, 0.4) is 0 Å². The third-order valence-electron chi connectivity index (χ3n) is 18.7. The quantitative estimate of drug-likeness (QED) is 0.0403. The number of benzene rings is 6. The number of ether oxygens (including phenoxy) is 5. The van der Waals surface area contributed by atoms with Gasteiger partial charge in [0.2, 0.25) is 5.69 Å². The van der Waals surface area contributed by atoms with E-state index in [4.69, 9.17) is 23.7 Å². The van der Waals surface area contributed by atoms with E-state index in [-0.39, 0.29) is 52.2 Å². The van der Waals surface area contributed by atoms with E-state index in [0.29, 0.717) is 63.5 Å². The number of nitrogens with zero attached hydrogens (tertiary/aromatic N) is 3. The van der Waals surface area contributed by atoms with Crippen molar-refractivity contribution in [2.24, 2.45) is 0 Å². The number of likely N-dealkylation sites (N-methyl/N-ethyl adjacent to an activating group) is 1. The molecule has 446 valence electrons. The number of phenols is 1. The van der Waals surface area contributed by atoms with Gasteiger partial charge in [-0.1, -0.05) is 107 Å². The van der Waals surface area contributed by atoms with Gasteiger partial charge in [0.05, 0.1) is 58.1 Å². The van der Waals surface area contributed by atoms with Crippen LogP contribution in [0.2, 0.25) is 0 Å². The van der Waals surface area contributed by atoms with Crippen LogP contribution in [0.4, 0.5) is 17.1 Å². The molecule has 6 aromatic carbocycles. The van der Waals surface area contributed by atoms with Crippen molar-refractivity contribution < 1.29 is 48.5 Å². The molecule has 13 nitrogen and oxygen atoms in total. The van der Waals surface area contributed by atoms with Crippen LogP contribution in [-0.4, -0.2) is 81.2 Å². The standard InChI is InChI=1S/C72H83N3O10/c1-9-50(76)23-18-24-52-43-53(83-70(81-52)59-41-49(75(79)80)33-38-62(59)78)34-35-54-44-55(42-51(77)10-2)84-69(82-54)58-27-15-16-28-63(58)85-68-47(31-39-64-71(3,4)66-56-25-13-11-19-45(56)29-36-60(66)73(64)7)21-17-22-48(68)32-40-65-72(5,6)67-57-26-14-12-20-46(57)30-37-61(67)74(65)8/h11-16,19-20,25-33,36-41,50-55,69-70,76-77H,9-10,17-18,21-24,34-35,42-44H2,1-8H3/p+1. The highest BCUT2D eigenvalue weighted by Gasteiger charge is 2.45. The van der Waals surface area contributed by atoms with Gasteiger partial charge < -0.3 is 43.9 Å². The van der Waals surface area contributed by atoms with Crippen molar-refractivity contribution in [2.75, 3.05) is 19.0 Å². The molecule has 6 aromatic rings. The van der Waals surface area contributed by atoms with Crippen LogP contribution in [0.1, 0.15) is 160 Å². The van der Waals surface area contributed by atoms with Gasteiger partial charge in [-0.3, -0.25) is 10.1 Å². The zero-order valence-electron chi connectivity index (χ0n) is 50.6. The van der Waals surface area contributed by atoms with Crippen molar-refractivity contribution in [3.05, 3.63) is 195 Å². The number of nitro benzene ring substituents is 1. The highest BCUT2D eigenvalue weighted by molar-refractivity contribution is 6.07. The SMILES string of the molecule is CCC(O)CCCC1CC(CCC2CC(CC(O)CC)OC(c3ccccc3OC3=C(/C=C/C4=[N+](C)c5ccc6ccccc6c5C4(C)C)CCC/C3=C\C=C3\N(C)c4ccc5ccccc5c4C3(C)C)O2)OC(c2cc([N+](=O)[O-])ccc2O)O1. The van der Waals surface area contributed by atoms with Gasteiger partial charge in [0.1, 0.15) is 24.3 Å². The number of rotatable bonds is 19. The molecule has 1 aliphatic carbocycles. The number of hydrogen-bond acceptors (Lipinski definition) is 11. The largest absolute Gasteiger partial charge is 0.507 e. The molecular weight excluding hydrogens is 1070 g/mol. The number of anilines is 1. The first kappa shape index (κ1) is 59.7. The second-order valence-corrected chi connectivity index (χ2v) is 25.1. The molecule has 3 N–H and O–H groups in total. The molecule has 4 heterocycles. The first-order valence-corrected chi connectivity index (χ1v) is 30.9. The van der Waals surface area contributed by atoms with Gasteiger partial charge in [-0.2, -0.15) is 4.58 Å². The minimum absolute atomic E-state index is 0.147. The molecule has 5 aliphatic rings. The van der Waals surface area contributed by atoms with E-state index in [2.05, 4.69) is 148 Å². The number of aliphatic hydroxyl groups excluding tert-OH is 2. The van der Waals surface area contributed by atoms with E-state index < -0.39 is 29.7 Å². The number of aliphatic hydroxyl groups is 2. The fraction of sp³-hybridized carbons (Fsp3) is 0.431. The number of phenolic OH excluding ortho intramolecular Hbond substituents is 1. The molecule has 13 heteroatoms. The predicted molar refractivity (Wildman–Crippen MR) is 336 cm³/mol. The predicted octanol–water partition coefficient (Wildman–Crippen LogP) is 15.9. The Balaban J connectivity index is 0.922. The van der Waals surface area contributed by atoms with Crippen molar-refractivity contribution in [3.63, 3.8) is 0 Å². The summed E-state index contributed by atoms with van der Waals surface area (Å²) >= 11 is 0. The molecule has 11 rings (SSSR count). The molecule has 0 bridgehead atoms. The first-order valence-electron chi connectivity index (χ1n) is 30.9. The summed E-state index contributed by atoms with van der Waals surface area (Å²) in [6, 6.07) is 38.1. The van der Waals surface area contributed by atoms with Crippen LogP contribution < -0.4 is 9.64 Å². The van der Waals surface area contributed by atoms with Gasteiger partial charge in [0.15, 0.2) is 18.3 Å². The maximum Gasteiger partial charge on any atom is 0.270 e. The van der Waals surface area contributed by atoms with Gasteiger partial charge in [0, 0.05) is 66.5 Å². The van der Waals surface area contributed by atoms with Crippen molar-refractivity contribution in [2.45, 2.75) is 185 Å². The Kier molecular flexibility index (Phi) is 17.7. The molecule has 8 atom stereocenters. The van der Waals surface area contributed by atoms with Crippen LogP contribution in [0.5, 0.6) is 11.5 Å². The van der Waals surface area contributed by atoms with Crippen LogP contribution in [0, 0.1) is 10.1 Å². The highest BCUT2D eigenvalue weighted by atomic mass is 16.7. The van der Waals surface area contributed by atoms with Gasteiger partial charge in [-0.05, 0) is 159 Å². The van der Waals surface area contributed by atoms with Crippen LogP contribution in [0.25, 0.3) is 21.5 Å². The van der Waals surface area contributed by atoms with E-state index in [0.717, 1.165) is 48.2 Å². The third-order valence-corrected chi connectivity index (χ3v) is 18.7. The summed E-state index contributed by atoms with van der Waals surface area (Å²) in [7, 11) is 4.35. The highest BCUT2D eigenvalue weighted by Crippen LogP contribution is 2.51. The molecule has 8 unspecified atom stereocenters. The molecule has 85 heavy (non-hydrogen) atoms. The molecule has 0 aromatic heterocycles. The molecule has 2 fully saturated rings. The molecule has 4 aliphatic heterocycles. The minimum Gasteiger partial charge on any atom is -0.507 e. The average Bonchev–Trinajstić information content (AvgIpc) is 3.45. The normalized spacial score (nSPS) is 24.7. The van der Waals surface area contributed by atoms with Crippen LogP contribution in [0.15, 0.2) is 162 Å². The maximum atomic E-state index is 11.9. The van der Waals surface area contributed by atoms with E-state index in [1.807, 2.05) is 38.1 Å². The summed E-state index contributed by atoms with van der Waals surface area (Å²) in [6.07, 6.45) is 13.5. The lowest BCUT2D eigenvalue weighted by atomic mass is 9.78. The molecule has 0 radical (unpaired) electrons. The summed E-state index contributed by atoms with van der Waals surface area (Å²) < 4.78 is 36.7. The van der Waals surface area contributed by atoms with E-state index in [9.17, 15) is 25.4 Å². The van der Waals surface area contributed by atoms with Crippen LogP contribution in [-0.2, 0) is 29.8 Å². The Hall–Kier alpha value is -6.97. The lowest BCUT2D eigenvalue weighted by Crippen LogP contribution is -2.38. The summed E-state index contributed by atoms with van der Waals surface area (Å²) in [5.74, 6) is 1.28. The Bertz CT molecular complexity index is 3630. The monoisotopic (exact) mass is 1150 g/mol. The van der Waals surface area contributed by atoms with Gasteiger partial charge in [-0.25, -0.2) is 0 Å². The number of aromatic hydroxyl groups is 1. The summed E-state index contributed by atoms with van der Waals surface area (Å²) in [6.45, 7) is 13.2. The number of non-ortho nitro benzene ring substituents is 1. The molecule has 0 spiro atoms. The summed E-state index contributed by atoms with van der Waals surface area (Å²) in [4.78, 5) is 13.7. The Morgan fingerprint density at radius 3 is 2.05 bits per heavy atom. The van der Waals surface area contributed by atoms with Crippen molar-refractivity contribution >= 4 is 44.3 Å². The lowest BCUT2D eigenvalue weighted by molar-refractivity contribution is -0.401. The molecule has 0 saturated carbocycles. The molecular formula is C72H84N3O10+. The fourth-order valence-corrected chi connectivity index (χ4v) is 14.0. The number of hydrogen-bond donors (Lipinski definition) is 3. The lowest BCUT2D eigenvalue weighted by Gasteiger charge is -2.39. The van der Waals surface area contributed by atoms with Crippen molar-refractivity contribution in [1.82, 2.24) is 0 Å². The van der Waals surface area contributed by atoms with Crippen LogP contribution >= 0.6 is 0 Å². The molecule has 2 saturated heterocycles. The fourth-order valence-electron chi connectivity index (χ4n) is 14.0. The van der Waals surface area contributed by atoms with E-state index >= 15 is 0 Å². The average molecular weight is 1150 g/mol. The Morgan fingerprint density at radius 2 is 1.34 bits per heavy atom. The Morgan fingerprint density at radius 1 is 0.718 bits per heavy atom. The van der Waals surface area contributed by atoms with Crippen molar-refractivity contribution in [1.29, 1.82) is 0 Å². The summed E-state index contributed by atoms with van der Waals surface area (Å²) in [5.41, 5.74) is 9.85. The van der Waals surface area contributed by atoms with E-state index in [1.54, 1.807) is 0 Å². The van der Waals surface area contributed by atoms with Gasteiger partial charge in [0.25, 0.3) is 5.69 Å². The first-order chi connectivity index (χ1) is 40.9. The van der Waals surface area contributed by atoms with E-state index in [1.165, 1.54) is 73.7 Å².